The molecule has 1 N–H and O–H groups in total. The molecule has 0 aliphatic rings. The lowest BCUT2D eigenvalue weighted by atomic mass is 10.2. The van der Waals surface area contributed by atoms with Crippen molar-refractivity contribution in [3.63, 3.8) is 0 Å². The van der Waals surface area contributed by atoms with E-state index in [0.29, 0.717) is 11.6 Å². The maximum atomic E-state index is 12.2. The van der Waals surface area contributed by atoms with Gasteiger partial charge in [-0.3, -0.25) is 4.79 Å². The third-order valence-corrected chi connectivity index (χ3v) is 4.64. The van der Waals surface area contributed by atoms with Crippen molar-refractivity contribution < 1.29 is 17.4 Å². The van der Waals surface area contributed by atoms with Crippen LogP contribution in [0.3, 0.4) is 0 Å². The van der Waals surface area contributed by atoms with Crippen LogP contribution in [0.5, 0.6) is 5.75 Å². The summed E-state index contributed by atoms with van der Waals surface area (Å²) in [7, 11) is -4.03. The van der Waals surface area contributed by atoms with Gasteiger partial charge in [-0.15, -0.1) is 0 Å². The fraction of sp³-hybridized carbons (Fsp3) is 0.133. The summed E-state index contributed by atoms with van der Waals surface area (Å²) in [6.07, 6.45) is 0. The highest BCUT2D eigenvalue weighted by molar-refractivity contribution is 7.87. The molecule has 0 aliphatic carbocycles. The zero-order valence-corrected chi connectivity index (χ0v) is 14.4. The Kier molecular flexibility index (Phi) is 5.51. The van der Waals surface area contributed by atoms with E-state index in [4.69, 9.17) is 27.4 Å². The molecule has 0 radical (unpaired) electrons. The van der Waals surface area contributed by atoms with Gasteiger partial charge in [0.2, 0.25) is 5.91 Å². The molecule has 0 heterocycles. The molecular formula is C15H13Cl2NO4S. The number of nitrogens with one attached hydrogen (secondary N) is 1. The number of halogens is 2. The molecule has 5 nitrogen and oxygen atoms in total. The van der Waals surface area contributed by atoms with E-state index in [1.165, 1.54) is 37.3 Å². The predicted octanol–water partition coefficient (Wildman–Crippen LogP) is 3.40. The van der Waals surface area contributed by atoms with Gasteiger partial charge in [0.25, 0.3) is 0 Å². The van der Waals surface area contributed by atoms with Crippen LogP contribution in [0.25, 0.3) is 0 Å². The molecule has 0 atom stereocenters. The molecule has 23 heavy (non-hydrogen) atoms. The van der Waals surface area contributed by atoms with Crippen LogP contribution >= 0.6 is 23.2 Å². The fourth-order valence-electron chi connectivity index (χ4n) is 1.71. The van der Waals surface area contributed by atoms with Crippen molar-refractivity contribution in [1.82, 2.24) is 5.32 Å². The van der Waals surface area contributed by atoms with Crippen LogP contribution in [0.4, 0.5) is 0 Å². The molecule has 0 unspecified atom stereocenters. The highest BCUT2D eigenvalue weighted by Crippen LogP contribution is 2.30. The number of amides is 1. The molecule has 0 bridgehead atoms. The van der Waals surface area contributed by atoms with Gasteiger partial charge in [0.1, 0.15) is 4.90 Å². The highest BCUT2D eigenvalue weighted by atomic mass is 35.5. The van der Waals surface area contributed by atoms with Crippen LogP contribution in [0, 0.1) is 0 Å². The summed E-state index contributed by atoms with van der Waals surface area (Å²) in [5, 5.41) is 3.07. The van der Waals surface area contributed by atoms with Crippen molar-refractivity contribution >= 4 is 39.2 Å². The minimum absolute atomic E-state index is 0.0277. The quantitative estimate of drug-likeness (QED) is 0.815. The fourth-order valence-corrected chi connectivity index (χ4v) is 3.01. The second-order valence-electron chi connectivity index (χ2n) is 4.67. The summed E-state index contributed by atoms with van der Waals surface area (Å²) in [6, 6.07) is 10.3. The molecule has 2 aromatic rings. The van der Waals surface area contributed by atoms with Crippen LogP contribution in [0.15, 0.2) is 47.4 Å². The normalized spacial score (nSPS) is 11.1. The van der Waals surface area contributed by atoms with Crippen molar-refractivity contribution in [2.24, 2.45) is 0 Å². The number of carbonyl (C=O) groups excluding carboxylic acids is 1. The summed E-state index contributed by atoms with van der Waals surface area (Å²) in [5.41, 5.74) is 0.764. The Labute approximate surface area is 144 Å². The summed E-state index contributed by atoms with van der Waals surface area (Å²) >= 11 is 11.7. The molecule has 1 amide bonds. The summed E-state index contributed by atoms with van der Waals surface area (Å²) < 4.78 is 29.5. The van der Waals surface area contributed by atoms with Crippen LogP contribution in [0.2, 0.25) is 10.0 Å². The van der Waals surface area contributed by atoms with Crippen LogP contribution < -0.4 is 9.50 Å². The zero-order valence-electron chi connectivity index (χ0n) is 12.0. The van der Waals surface area contributed by atoms with Crippen molar-refractivity contribution in [1.29, 1.82) is 0 Å². The van der Waals surface area contributed by atoms with Gasteiger partial charge < -0.3 is 9.50 Å². The lowest BCUT2D eigenvalue weighted by Crippen LogP contribution is -2.19. The molecule has 0 aromatic heterocycles. The first kappa shape index (κ1) is 17.6. The van der Waals surface area contributed by atoms with Gasteiger partial charge in [0, 0.05) is 24.6 Å². The average molecular weight is 374 g/mol. The van der Waals surface area contributed by atoms with Gasteiger partial charge >= 0.3 is 10.1 Å². The topological polar surface area (TPSA) is 72.5 Å². The first-order valence-electron chi connectivity index (χ1n) is 6.51. The Morgan fingerprint density at radius 3 is 2.39 bits per heavy atom. The molecule has 0 aliphatic heterocycles. The second kappa shape index (κ2) is 7.21. The maximum Gasteiger partial charge on any atom is 0.339 e. The molecule has 0 saturated heterocycles. The number of hydrogen-bond donors (Lipinski definition) is 1. The Hall–Kier alpha value is -1.76. The number of hydrogen-bond acceptors (Lipinski definition) is 4. The molecule has 0 spiro atoms. The molecule has 2 aromatic carbocycles. The third kappa shape index (κ3) is 4.86. The SMILES string of the molecule is CC(=O)NCc1ccc(S(=O)(=O)Oc2cc(Cl)ccc2Cl)cc1. The molecule has 122 valence electrons. The lowest BCUT2D eigenvalue weighted by molar-refractivity contribution is -0.119. The van der Waals surface area contributed by atoms with E-state index in [1.54, 1.807) is 12.1 Å². The van der Waals surface area contributed by atoms with Gasteiger partial charge in [-0.05, 0) is 29.8 Å². The van der Waals surface area contributed by atoms with Gasteiger partial charge in [0.15, 0.2) is 5.75 Å². The van der Waals surface area contributed by atoms with Crippen LogP contribution in [-0.2, 0) is 21.5 Å². The molecule has 8 heteroatoms. The van der Waals surface area contributed by atoms with E-state index in [9.17, 15) is 13.2 Å². The van der Waals surface area contributed by atoms with E-state index in [-0.39, 0.29) is 21.6 Å². The van der Waals surface area contributed by atoms with Crippen molar-refractivity contribution in [2.75, 3.05) is 0 Å². The summed E-state index contributed by atoms with van der Waals surface area (Å²) in [5.74, 6) is -0.206. The van der Waals surface area contributed by atoms with E-state index < -0.39 is 10.1 Å². The Bertz CT molecular complexity index is 820. The zero-order chi connectivity index (χ0) is 17.0. The van der Waals surface area contributed by atoms with Gasteiger partial charge in [-0.1, -0.05) is 35.3 Å². The van der Waals surface area contributed by atoms with Gasteiger partial charge in [0.05, 0.1) is 5.02 Å². The minimum Gasteiger partial charge on any atom is -0.377 e. The second-order valence-corrected chi connectivity index (χ2v) is 7.06. The largest absolute Gasteiger partial charge is 0.377 e. The third-order valence-electron chi connectivity index (χ3n) is 2.85. The van der Waals surface area contributed by atoms with Gasteiger partial charge in [-0.2, -0.15) is 8.42 Å². The number of carbonyl (C=O) groups is 1. The average Bonchev–Trinajstić information content (AvgIpc) is 2.49. The van der Waals surface area contributed by atoms with Crippen molar-refractivity contribution in [3.8, 4) is 5.75 Å². The van der Waals surface area contributed by atoms with Gasteiger partial charge in [-0.25, -0.2) is 0 Å². The van der Waals surface area contributed by atoms with E-state index in [0.717, 1.165) is 5.56 Å². The van der Waals surface area contributed by atoms with Crippen LogP contribution in [-0.4, -0.2) is 14.3 Å². The van der Waals surface area contributed by atoms with Crippen molar-refractivity contribution in [3.05, 3.63) is 58.1 Å². The Morgan fingerprint density at radius 1 is 1.13 bits per heavy atom. The first-order chi connectivity index (χ1) is 10.8. The Balaban J connectivity index is 2.19. The maximum absolute atomic E-state index is 12.2. The lowest BCUT2D eigenvalue weighted by Gasteiger charge is -2.09. The summed E-state index contributed by atoms with van der Waals surface area (Å²) in [6.45, 7) is 1.72. The van der Waals surface area contributed by atoms with Crippen molar-refractivity contribution in [2.45, 2.75) is 18.4 Å². The smallest absolute Gasteiger partial charge is 0.339 e. The van der Waals surface area contributed by atoms with Crippen LogP contribution in [0.1, 0.15) is 12.5 Å². The first-order valence-corrected chi connectivity index (χ1v) is 8.67. The van der Waals surface area contributed by atoms with E-state index in [2.05, 4.69) is 5.32 Å². The molecule has 0 saturated carbocycles. The monoisotopic (exact) mass is 373 g/mol. The standard InChI is InChI=1S/C15H13Cl2NO4S/c1-10(19)18-9-11-2-5-13(6-3-11)23(20,21)22-15-8-12(16)4-7-14(15)17/h2-8H,9H2,1H3,(H,18,19). The number of benzene rings is 2. The molecular weight excluding hydrogens is 361 g/mol. The number of rotatable bonds is 5. The Morgan fingerprint density at radius 2 is 1.78 bits per heavy atom. The molecule has 0 fully saturated rings. The predicted molar refractivity (Wildman–Crippen MR) is 88.2 cm³/mol. The van der Waals surface area contributed by atoms with E-state index >= 15 is 0 Å². The minimum atomic E-state index is -4.03. The highest BCUT2D eigenvalue weighted by Gasteiger charge is 2.18. The van der Waals surface area contributed by atoms with E-state index in [1.807, 2.05) is 0 Å². The molecule has 2 rings (SSSR count). The summed E-state index contributed by atoms with van der Waals surface area (Å²) in [4.78, 5) is 10.8.